The lowest BCUT2D eigenvalue weighted by molar-refractivity contribution is -0.0421. The third-order valence-electron chi connectivity index (χ3n) is 6.22. The van der Waals surface area contributed by atoms with Gasteiger partial charge in [-0.15, -0.1) is 0 Å². The van der Waals surface area contributed by atoms with Crippen molar-refractivity contribution in [1.82, 2.24) is 10.0 Å². The van der Waals surface area contributed by atoms with Crippen molar-refractivity contribution in [2.75, 3.05) is 36.4 Å². The maximum absolute atomic E-state index is 15.3. The van der Waals surface area contributed by atoms with Crippen molar-refractivity contribution in [2.24, 2.45) is 0 Å². The second-order valence-corrected chi connectivity index (χ2v) is 10.6. The Labute approximate surface area is 244 Å². The van der Waals surface area contributed by atoms with Crippen LogP contribution >= 0.6 is 0 Å². The number of anilines is 2. The maximum Gasteiger partial charge on any atom is 0.429 e. The number of carbonyl (C=O) groups is 3. The molecule has 10 nitrogen and oxygen atoms in total. The fourth-order valence-corrected chi connectivity index (χ4v) is 4.23. The van der Waals surface area contributed by atoms with Gasteiger partial charge in [0.1, 0.15) is 24.6 Å². The summed E-state index contributed by atoms with van der Waals surface area (Å²) >= 11 is 0. The lowest BCUT2D eigenvalue weighted by atomic mass is 10.2. The number of hydrazine groups is 1. The van der Waals surface area contributed by atoms with Crippen LogP contribution in [0.4, 0.5) is 30.1 Å². The number of nitrogens with zero attached hydrogens (tertiary/aromatic N) is 3. The minimum atomic E-state index is -0.792. The van der Waals surface area contributed by atoms with Gasteiger partial charge in [0.2, 0.25) is 0 Å². The van der Waals surface area contributed by atoms with Gasteiger partial charge >= 0.3 is 18.3 Å². The van der Waals surface area contributed by atoms with E-state index in [9.17, 15) is 14.4 Å². The van der Waals surface area contributed by atoms with Gasteiger partial charge in [-0.3, -0.25) is 5.32 Å². The standard InChI is InChI=1S/C31H35FN4O6/c1-31(2,3)42-30(39)36-19-17-34(16-18-35(36)29(38)41-22-24-12-8-5-9-13-24)27-15-14-25(20-26(27)32)33-28(37)40-21-23-10-6-4-7-11-23/h4-15,20H,16-19,21-22H2,1-3H3,(H,33,37). The van der Waals surface area contributed by atoms with Crippen molar-refractivity contribution in [3.63, 3.8) is 0 Å². The molecule has 1 saturated heterocycles. The number of halogens is 1. The fraction of sp³-hybridized carbons (Fsp3) is 0.323. The quantitative estimate of drug-likeness (QED) is 0.349. The highest BCUT2D eigenvalue weighted by atomic mass is 19.1. The molecule has 4 rings (SSSR count). The molecule has 1 aliphatic rings. The number of amides is 3. The third kappa shape index (κ3) is 8.60. The minimum Gasteiger partial charge on any atom is -0.444 e. The summed E-state index contributed by atoms with van der Waals surface area (Å²) in [6.45, 7) is 5.81. The molecule has 1 N–H and O–H groups in total. The molecule has 1 fully saturated rings. The van der Waals surface area contributed by atoms with Crippen molar-refractivity contribution in [2.45, 2.75) is 39.6 Å². The Kier molecular flexibility index (Phi) is 9.85. The fourth-order valence-electron chi connectivity index (χ4n) is 4.23. The first-order valence-electron chi connectivity index (χ1n) is 13.6. The predicted octanol–water partition coefficient (Wildman–Crippen LogP) is 6.19. The zero-order chi connectivity index (χ0) is 30.1. The molecule has 0 unspecified atom stereocenters. The number of rotatable bonds is 6. The monoisotopic (exact) mass is 578 g/mol. The Morgan fingerprint density at radius 2 is 1.31 bits per heavy atom. The molecule has 0 atom stereocenters. The van der Waals surface area contributed by atoms with Crippen LogP contribution in [0.5, 0.6) is 0 Å². The molecule has 0 bridgehead atoms. The summed E-state index contributed by atoms with van der Waals surface area (Å²) in [5.74, 6) is -0.584. The molecule has 0 saturated carbocycles. The van der Waals surface area contributed by atoms with Crippen LogP contribution < -0.4 is 10.2 Å². The van der Waals surface area contributed by atoms with E-state index in [1.54, 1.807) is 31.7 Å². The molecule has 0 aliphatic carbocycles. The molecule has 3 aromatic rings. The predicted molar refractivity (Wildman–Crippen MR) is 155 cm³/mol. The van der Waals surface area contributed by atoms with Gasteiger partial charge in [-0.2, -0.15) is 0 Å². The van der Waals surface area contributed by atoms with Gasteiger partial charge in [0, 0.05) is 18.8 Å². The van der Waals surface area contributed by atoms with E-state index in [2.05, 4.69) is 5.32 Å². The average molecular weight is 579 g/mol. The van der Waals surface area contributed by atoms with Crippen molar-refractivity contribution in [3.05, 3.63) is 95.8 Å². The first-order chi connectivity index (χ1) is 20.1. The van der Waals surface area contributed by atoms with E-state index in [4.69, 9.17) is 14.2 Å². The van der Waals surface area contributed by atoms with Crippen LogP contribution in [0.1, 0.15) is 31.9 Å². The topological polar surface area (TPSA) is 101 Å². The van der Waals surface area contributed by atoms with Gasteiger partial charge in [0.05, 0.1) is 18.8 Å². The molecule has 0 aromatic heterocycles. The summed E-state index contributed by atoms with van der Waals surface area (Å²) in [5.41, 5.74) is 1.31. The molecule has 3 aromatic carbocycles. The van der Waals surface area contributed by atoms with Gasteiger partial charge < -0.3 is 19.1 Å². The van der Waals surface area contributed by atoms with Gasteiger partial charge in [-0.1, -0.05) is 60.7 Å². The Morgan fingerprint density at radius 1 is 0.762 bits per heavy atom. The van der Waals surface area contributed by atoms with Crippen LogP contribution in [0.3, 0.4) is 0 Å². The van der Waals surface area contributed by atoms with Crippen LogP contribution in [0.25, 0.3) is 0 Å². The summed E-state index contributed by atoms with van der Waals surface area (Å²) in [6, 6.07) is 22.7. The number of nitrogens with one attached hydrogen (secondary N) is 1. The molecular weight excluding hydrogens is 543 g/mol. The second-order valence-electron chi connectivity index (χ2n) is 10.6. The molecule has 42 heavy (non-hydrogen) atoms. The molecular formula is C31H35FN4O6. The largest absolute Gasteiger partial charge is 0.444 e. The SMILES string of the molecule is CC(C)(C)OC(=O)N1CCN(c2ccc(NC(=O)OCc3ccccc3)cc2F)CCN1C(=O)OCc1ccccc1. The minimum absolute atomic E-state index is 0.0267. The molecule has 0 radical (unpaired) electrons. The second kappa shape index (κ2) is 13.7. The van der Waals surface area contributed by atoms with E-state index in [1.165, 1.54) is 22.2 Å². The van der Waals surface area contributed by atoms with E-state index in [1.807, 2.05) is 60.7 Å². The number of hydrogen-bond acceptors (Lipinski definition) is 7. The van der Waals surface area contributed by atoms with Crippen molar-refractivity contribution >= 4 is 29.7 Å². The molecule has 1 heterocycles. The van der Waals surface area contributed by atoms with E-state index in [0.29, 0.717) is 0 Å². The lowest BCUT2D eigenvalue weighted by Gasteiger charge is -2.33. The average Bonchev–Trinajstić information content (AvgIpc) is 3.18. The van der Waals surface area contributed by atoms with Crippen LogP contribution in [-0.2, 0) is 27.4 Å². The molecule has 0 spiro atoms. The first-order valence-corrected chi connectivity index (χ1v) is 13.6. The zero-order valence-corrected chi connectivity index (χ0v) is 23.9. The third-order valence-corrected chi connectivity index (χ3v) is 6.22. The van der Waals surface area contributed by atoms with Gasteiger partial charge in [0.15, 0.2) is 0 Å². The first kappa shape index (κ1) is 30.2. The zero-order valence-electron chi connectivity index (χ0n) is 23.9. The summed E-state index contributed by atoms with van der Waals surface area (Å²) in [4.78, 5) is 40.1. The highest BCUT2D eigenvalue weighted by Gasteiger charge is 2.34. The van der Waals surface area contributed by atoms with Crippen LogP contribution in [0.15, 0.2) is 78.9 Å². The number of benzene rings is 3. The molecule has 222 valence electrons. The van der Waals surface area contributed by atoms with Gasteiger partial charge in [0.25, 0.3) is 0 Å². The molecule has 1 aliphatic heterocycles. The number of hydrogen-bond donors (Lipinski definition) is 1. The lowest BCUT2D eigenvalue weighted by Crippen LogP contribution is -2.52. The highest BCUT2D eigenvalue weighted by molar-refractivity contribution is 5.85. The summed E-state index contributed by atoms with van der Waals surface area (Å²) in [5, 5.41) is 4.91. The van der Waals surface area contributed by atoms with E-state index in [-0.39, 0.29) is 50.8 Å². The maximum atomic E-state index is 15.3. The Bertz CT molecular complexity index is 1370. The van der Waals surface area contributed by atoms with Crippen LogP contribution in [-0.4, -0.2) is 60.1 Å². The summed E-state index contributed by atoms with van der Waals surface area (Å²) in [7, 11) is 0. The van der Waals surface area contributed by atoms with Gasteiger partial charge in [-0.05, 0) is 50.1 Å². The normalized spacial score (nSPS) is 13.7. The highest BCUT2D eigenvalue weighted by Crippen LogP contribution is 2.25. The molecule has 11 heteroatoms. The van der Waals surface area contributed by atoms with Crippen LogP contribution in [0.2, 0.25) is 0 Å². The molecule has 3 amide bonds. The number of ether oxygens (including phenoxy) is 3. The van der Waals surface area contributed by atoms with E-state index < -0.39 is 29.7 Å². The van der Waals surface area contributed by atoms with E-state index >= 15 is 4.39 Å². The van der Waals surface area contributed by atoms with Crippen molar-refractivity contribution in [1.29, 1.82) is 0 Å². The van der Waals surface area contributed by atoms with Crippen molar-refractivity contribution < 1.29 is 33.0 Å². The van der Waals surface area contributed by atoms with Crippen molar-refractivity contribution in [3.8, 4) is 0 Å². The summed E-state index contributed by atoms with van der Waals surface area (Å²) in [6.07, 6.45) is -2.14. The number of carbonyl (C=O) groups excluding carboxylic acids is 3. The van der Waals surface area contributed by atoms with Crippen LogP contribution in [0, 0.1) is 5.82 Å². The van der Waals surface area contributed by atoms with E-state index in [0.717, 1.165) is 11.1 Å². The van der Waals surface area contributed by atoms with Gasteiger partial charge in [-0.25, -0.2) is 28.8 Å². The Balaban J connectivity index is 1.42. The summed E-state index contributed by atoms with van der Waals surface area (Å²) < 4.78 is 31.5. The Morgan fingerprint density at radius 3 is 1.86 bits per heavy atom. The smallest absolute Gasteiger partial charge is 0.429 e. The Hall–Kier alpha value is -4.80.